The van der Waals surface area contributed by atoms with Gasteiger partial charge in [0.15, 0.2) is 0 Å². The molecular formula is C13H13ClOS. The molecule has 0 aliphatic carbocycles. The van der Waals surface area contributed by atoms with Gasteiger partial charge in [0.25, 0.3) is 0 Å². The Labute approximate surface area is 105 Å². The molecule has 2 rings (SSSR count). The Morgan fingerprint density at radius 2 is 2.00 bits per heavy atom. The van der Waals surface area contributed by atoms with Crippen LogP contribution in [0.15, 0.2) is 41.8 Å². The van der Waals surface area contributed by atoms with Gasteiger partial charge in [0.2, 0.25) is 0 Å². The molecule has 0 fully saturated rings. The van der Waals surface area contributed by atoms with Crippen LogP contribution in [-0.4, -0.2) is 7.11 Å². The van der Waals surface area contributed by atoms with Gasteiger partial charge in [-0.1, -0.05) is 18.2 Å². The number of thiophene rings is 1. The van der Waals surface area contributed by atoms with Crippen molar-refractivity contribution in [2.75, 3.05) is 7.11 Å². The second kappa shape index (κ2) is 5.37. The molecule has 0 aliphatic heterocycles. The number of ether oxygens (including phenoxy) is 1. The number of rotatable bonds is 4. The number of hydrogen-bond acceptors (Lipinski definition) is 2. The molecule has 0 N–H and O–H groups in total. The molecule has 1 unspecified atom stereocenters. The maximum atomic E-state index is 6.33. The SMILES string of the molecule is COc1ccc(CC(Cl)c2cccs2)cc1. The molecule has 1 aromatic heterocycles. The molecule has 3 heteroatoms. The van der Waals surface area contributed by atoms with Gasteiger partial charge in [-0.2, -0.15) is 0 Å². The van der Waals surface area contributed by atoms with Crippen molar-refractivity contribution in [2.45, 2.75) is 11.8 Å². The van der Waals surface area contributed by atoms with Crippen LogP contribution in [0.25, 0.3) is 0 Å². The highest BCUT2D eigenvalue weighted by Crippen LogP contribution is 2.28. The predicted octanol–water partition coefficient (Wildman–Crippen LogP) is 4.28. The van der Waals surface area contributed by atoms with Crippen LogP contribution in [0.1, 0.15) is 15.8 Å². The number of alkyl halides is 1. The van der Waals surface area contributed by atoms with Crippen molar-refractivity contribution in [2.24, 2.45) is 0 Å². The molecular weight excluding hydrogens is 240 g/mol. The number of hydrogen-bond donors (Lipinski definition) is 0. The van der Waals surface area contributed by atoms with Crippen LogP contribution in [0.5, 0.6) is 5.75 Å². The third-order valence-corrected chi connectivity index (χ3v) is 3.93. The van der Waals surface area contributed by atoms with E-state index in [-0.39, 0.29) is 5.38 Å². The summed E-state index contributed by atoms with van der Waals surface area (Å²) in [6, 6.07) is 12.2. The predicted molar refractivity (Wildman–Crippen MR) is 69.6 cm³/mol. The first-order valence-electron chi connectivity index (χ1n) is 5.10. The molecule has 84 valence electrons. The maximum absolute atomic E-state index is 6.33. The molecule has 0 spiro atoms. The fourth-order valence-corrected chi connectivity index (χ4v) is 2.65. The highest BCUT2D eigenvalue weighted by molar-refractivity contribution is 7.10. The summed E-state index contributed by atoms with van der Waals surface area (Å²) in [5.74, 6) is 0.881. The molecule has 1 heterocycles. The van der Waals surface area contributed by atoms with Crippen LogP contribution in [0.3, 0.4) is 0 Å². The van der Waals surface area contributed by atoms with Gasteiger partial charge in [-0.3, -0.25) is 0 Å². The van der Waals surface area contributed by atoms with Gasteiger partial charge in [0, 0.05) is 4.88 Å². The Bertz CT molecular complexity index is 422. The summed E-state index contributed by atoms with van der Waals surface area (Å²) in [5.41, 5.74) is 1.23. The average Bonchev–Trinajstić information content (AvgIpc) is 2.83. The van der Waals surface area contributed by atoms with E-state index in [1.807, 2.05) is 18.2 Å². The maximum Gasteiger partial charge on any atom is 0.118 e. The summed E-state index contributed by atoms with van der Waals surface area (Å²) in [7, 11) is 1.67. The zero-order valence-electron chi connectivity index (χ0n) is 9.02. The van der Waals surface area contributed by atoms with E-state index in [2.05, 4.69) is 23.6 Å². The minimum absolute atomic E-state index is 0.0633. The fraction of sp³-hybridized carbons (Fsp3) is 0.231. The Hall–Kier alpha value is -0.990. The fourth-order valence-electron chi connectivity index (χ4n) is 1.54. The van der Waals surface area contributed by atoms with Crippen molar-refractivity contribution in [3.63, 3.8) is 0 Å². The third-order valence-electron chi connectivity index (χ3n) is 2.43. The van der Waals surface area contributed by atoms with Crippen molar-refractivity contribution in [3.8, 4) is 5.75 Å². The number of benzene rings is 1. The van der Waals surface area contributed by atoms with Gasteiger partial charge < -0.3 is 4.74 Å². The van der Waals surface area contributed by atoms with Crippen LogP contribution in [0.4, 0.5) is 0 Å². The van der Waals surface area contributed by atoms with Crippen LogP contribution in [0.2, 0.25) is 0 Å². The molecule has 2 aromatic rings. The minimum atomic E-state index is 0.0633. The summed E-state index contributed by atoms with van der Waals surface area (Å²) in [4.78, 5) is 1.22. The second-order valence-electron chi connectivity index (χ2n) is 3.54. The third kappa shape index (κ3) is 2.77. The Morgan fingerprint density at radius 3 is 2.56 bits per heavy atom. The first kappa shape index (κ1) is 11.5. The summed E-state index contributed by atoms with van der Waals surface area (Å²) in [6.45, 7) is 0. The molecule has 0 amide bonds. The lowest BCUT2D eigenvalue weighted by Gasteiger charge is -2.07. The van der Waals surface area contributed by atoms with Gasteiger partial charge in [0.1, 0.15) is 5.75 Å². The normalized spacial score (nSPS) is 12.4. The van der Waals surface area contributed by atoms with Gasteiger partial charge in [-0.25, -0.2) is 0 Å². The number of halogens is 1. The quantitative estimate of drug-likeness (QED) is 0.738. The molecule has 1 aromatic carbocycles. The van der Waals surface area contributed by atoms with E-state index in [1.54, 1.807) is 18.4 Å². The Balaban J connectivity index is 2.03. The van der Waals surface area contributed by atoms with Crippen LogP contribution >= 0.6 is 22.9 Å². The van der Waals surface area contributed by atoms with Crippen molar-refractivity contribution < 1.29 is 4.74 Å². The monoisotopic (exact) mass is 252 g/mol. The van der Waals surface area contributed by atoms with Gasteiger partial charge >= 0.3 is 0 Å². The van der Waals surface area contributed by atoms with E-state index in [4.69, 9.17) is 16.3 Å². The lowest BCUT2D eigenvalue weighted by atomic mass is 10.1. The molecule has 16 heavy (non-hydrogen) atoms. The van der Waals surface area contributed by atoms with Crippen LogP contribution < -0.4 is 4.74 Å². The molecule has 0 saturated carbocycles. The minimum Gasteiger partial charge on any atom is -0.497 e. The summed E-state index contributed by atoms with van der Waals surface area (Å²) in [6.07, 6.45) is 0.853. The topological polar surface area (TPSA) is 9.23 Å². The van der Waals surface area contributed by atoms with Gasteiger partial charge in [-0.05, 0) is 35.6 Å². The smallest absolute Gasteiger partial charge is 0.118 e. The number of methoxy groups -OCH3 is 1. The summed E-state index contributed by atoms with van der Waals surface area (Å²) >= 11 is 8.04. The van der Waals surface area contributed by atoms with Crippen molar-refractivity contribution >= 4 is 22.9 Å². The van der Waals surface area contributed by atoms with E-state index in [0.717, 1.165) is 12.2 Å². The molecule has 0 bridgehead atoms. The van der Waals surface area contributed by atoms with E-state index in [9.17, 15) is 0 Å². The summed E-state index contributed by atoms with van der Waals surface area (Å²) in [5, 5.41) is 2.12. The first-order chi connectivity index (χ1) is 7.79. The molecule has 1 nitrogen and oxygen atoms in total. The van der Waals surface area contributed by atoms with E-state index in [0.29, 0.717) is 0 Å². The van der Waals surface area contributed by atoms with Crippen molar-refractivity contribution in [3.05, 3.63) is 52.2 Å². The van der Waals surface area contributed by atoms with E-state index < -0.39 is 0 Å². The van der Waals surface area contributed by atoms with Gasteiger partial charge in [0.05, 0.1) is 12.5 Å². The molecule has 1 atom stereocenters. The van der Waals surface area contributed by atoms with E-state index >= 15 is 0 Å². The molecule has 0 saturated heterocycles. The van der Waals surface area contributed by atoms with Gasteiger partial charge in [-0.15, -0.1) is 22.9 Å². The second-order valence-corrected chi connectivity index (χ2v) is 5.04. The average molecular weight is 253 g/mol. The Morgan fingerprint density at radius 1 is 1.25 bits per heavy atom. The summed E-state index contributed by atoms with van der Waals surface area (Å²) < 4.78 is 5.12. The lowest BCUT2D eigenvalue weighted by Crippen LogP contribution is -1.93. The lowest BCUT2D eigenvalue weighted by molar-refractivity contribution is 0.414. The van der Waals surface area contributed by atoms with Crippen LogP contribution in [0, 0.1) is 0 Å². The molecule has 0 radical (unpaired) electrons. The zero-order valence-corrected chi connectivity index (χ0v) is 10.6. The zero-order chi connectivity index (χ0) is 11.4. The van der Waals surface area contributed by atoms with Crippen LogP contribution in [-0.2, 0) is 6.42 Å². The highest BCUT2D eigenvalue weighted by Gasteiger charge is 2.09. The molecule has 0 aliphatic rings. The first-order valence-corrected chi connectivity index (χ1v) is 6.41. The van der Waals surface area contributed by atoms with E-state index in [1.165, 1.54) is 10.4 Å². The standard InChI is InChI=1S/C13H13ClOS/c1-15-11-6-4-10(5-7-11)9-12(14)13-3-2-8-16-13/h2-8,12H,9H2,1H3. The highest BCUT2D eigenvalue weighted by atomic mass is 35.5. The Kier molecular flexibility index (Phi) is 3.86. The largest absolute Gasteiger partial charge is 0.497 e. The van der Waals surface area contributed by atoms with Crippen molar-refractivity contribution in [1.29, 1.82) is 0 Å². The van der Waals surface area contributed by atoms with Crippen molar-refractivity contribution in [1.82, 2.24) is 0 Å².